The monoisotopic (exact) mass is 324 g/mol. The van der Waals surface area contributed by atoms with Gasteiger partial charge in [-0.3, -0.25) is 4.79 Å². The minimum atomic E-state index is -3.23. The summed E-state index contributed by atoms with van der Waals surface area (Å²) in [7, 11) is -3.23. The van der Waals surface area contributed by atoms with Gasteiger partial charge in [0.1, 0.15) is 0 Å². The molecule has 1 aromatic rings. The summed E-state index contributed by atoms with van der Waals surface area (Å²) in [5, 5.41) is 2.89. The topological polar surface area (TPSA) is 66.5 Å². The molecule has 1 N–H and O–H groups in total. The van der Waals surface area contributed by atoms with Gasteiger partial charge in [0, 0.05) is 18.8 Å². The molecule has 22 heavy (non-hydrogen) atoms. The smallest absolute Gasteiger partial charge is 0.228 e. The summed E-state index contributed by atoms with van der Waals surface area (Å²) >= 11 is 0. The first-order valence-electron chi connectivity index (χ1n) is 7.63. The van der Waals surface area contributed by atoms with Crippen molar-refractivity contribution in [2.75, 3.05) is 24.7 Å². The van der Waals surface area contributed by atoms with E-state index in [0.29, 0.717) is 12.5 Å². The van der Waals surface area contributed by atoms with Crippen molar-refractivity contribution in [2.45, 2.75) is 32.6 Å². The molecular formula is C16H24N2O3S. The van der Waals surface area contributed by atoms with Crippen molar-refractivity contribution in [2.24, 2.45) is 5.92 Å². The summed E-state index contributed by atoms with van der Waals surface area (Å²) in [6.07, 6.45) is 2.64. The number of piperidine rings is 1. The maximum Gasteiger partial charge on any atom is 0.228 e. The zero-order valence-electron chi connectivity index (χ0n) is 13.4. The average molecular weight is 324 g/mol. The van der Waals surface area contributed by atoms with Crippen LogP contribution >= 0.6 is 0 Å². The van der Waals surface area contributed by atoms with Crippen LogP contribution in [0.5, 0.6) is 0 Å². The Labute approximate surface area is 132 Å². The van der Waals surface area contributed by atoms with Gasteiger partial charge in [0.05, 0.1) is 12.2 Å². The standard InChI is InChI=1S/C16H24N2O3S/c1-12(2)13-6-8-15(9-7-13)17-16(19)14-5-4-10-18(11-14)22(3,20)21/h6-9,12,14H,4-5,10-11H2,1-3H3,(H,17,19)/t14-/m1/s1. The lowest BCUT2D eigenvalue weighted by Gasteiger charge is -2.30. The van der Waals surface area contributed by atoms with Crippen LogP contribution < -0.4 is 5.32 Å². The van der Waals surface area contributed by atoms with Gasteiger partial charge in [-0.1, -0.05) is 26.0 Å². The first-order valence-corrected chi connectivity index (χ1v) is 9.48. The van der Waals surface area contributed by atoms with E-state index in [1.165, 1.54) is 16.1 Å². The van der Waals surface area contributed by atoms with Crippen LogP contribution in [0.3, 0.4) is 0 Å². The van der Waals surface area contributed by atoms with Gasteiger partial charge in [-0.25, -0.2) is 12.7 Å². The van der Waals surface area contributed by atoms with Crippen molar-refractivity contribution in [1.82, 2.24) is 4.31 Å². The number of hydrogen-bond acceptors (Lipinski definition) is 3. The Hall–Kier alpha value is -1.40. The number of nitrogens with one attached hydrogen (secondary N) is 1. The molecule has 0 unspecified atom stereocenters. The van der Waals surface area contributed by atoms with E-state index in [1.807, 2.05) is 24.3 Å². The number of rotatable bonds is 4. The zero-order valence-corrected chi connectivity index (χ0v) is 14.2. The summed E-state index contributed by atoms with van der Waals surface area (Å²) < 4.78 is 24.6. The van der Waals surface area contributed by atoms with Gasteiger partial charge in [-0.05, 0) is 36.5 Å². The molecule has 1 atom stereocenters. The molecular weight excluding hydrogens is 300 g/mol. The maximum atomic E-state index is 12.3. The summed E-state index contributed by atoms with van der Waals surface area (Å²) in [5.74, 6) is 0.0605. The second-order valence-corrected chi connectivity index (χ2v) is 8.21. The highest BCUT2D eigenvalue weighted by Crippen LogP contribution is 2.22. The Morgan fingerprint density at radius 3 is 2.45 bits per heavy atom. The van der Waals surface area contributed by atoms with Gasteiger partial charge in [0.2, 0.25) is 15.9 Å². The van der Waals surface area contributed by atoms with E-state index < -0.39 is 10.0 Å². The van der Waals surface area contributed by atoms with Crippen molar-refractivity contribution < 1.29 is 13.2 Å². The third-order valence-corrected chi connectivity index (χ3v) is 5.34. The fraction of sp³-hybridized carbons (Fsp3) is 0.562. The highest BCUT2D eigenvalue weighted by Gasteiger charge is 2.30. The van der Waals surface area contributed by atoms with Gasteiger partial charge in [0.15, 0.2) is 0 Å². The van der Waals surface area contributed by atoms with E-state index in [-0.39, 0.29) is 18.4 Å². The highest BCUT2D eigenvalue weighted by atomic mass is 32.2. The van der Waals surface area contributed by atoms with Gasteiger partial charge >= 0.3 is 0 Å². The molecule has 1 saturated heterocycles. The van der Waals surface area contributed by atoms with E-state index in [9.17, 15) is 13.2 Å². The predicted molar refractivity (Wildman–Crippen MR) is 88.3 cm³/mol. The Morgan fingerprint density at radius 2 is 1.91 bits per heavy atom. The Bertz CT molecular complexity index is 623. The number of carbonyl (C=O) groups excluding carboxylic acids is 1. The third kappa shape index (κ3) is 4.30. The van der Waals surface area contributed by atoms with Crippen LogP contribution in [0.15, 0.2) is 24.3 Å². The molecule has 1 aromatic carbocycles. The molecule has 0 saturated carbocycles. The van der Waals surface area contributed by atoms with Crippen LogP contribution in [0.25, 0.3) is 0 Å². The Balaban J connectivity index is 1.99. The summed E-state index contributed by atoms with van der Waals surface area (Å²) in [4.78, 5) is 12.3. The Kier molecular flexibility index (Phi) is 5.24. The fourth-order valence-corrected chi connectivity index (χ4v) is 3.56. The van der Waals surface area contributed by atoms with Crippen molar-refractivity contribution in [3.8, 4) is 0 Å². The first kappa shape index (κ1) is 17.0. The van der Waals surface area contributed by atoms with Crippen LogP contribution in [0.2, 0.25) is 0 Å². The van der Waals surface area contributed by atoms with Gasteiger partial charge in [-0.15, -0.1) is 0 Å². The molecule has 2 rings (SSSR count). The molecule has 0 aliphatic carbocycles. The molecule has 1 aliphatic heterocycles. The lowest BCUT2D eigenvalue weighted by Crippen LogP contribution is -2.43. The third-order valence-electron chi connectivity index (χ3n) is 4.07. The lowest BCUT2D eigenvalue weighted by molar-refractivity contribution is -0.120. The maximum absolute atomic E-state index is 12.3. The molecule has 0 aromatic heterocycles. The lowest BCUT2D eigenvalue weighted by atomic mass is 9.98. The normalized spacial score (nSPS) is 20.1. The highest BCUT2D eigenvalue weighted by molar-refractivity contribution is 7.88. The molecule has 1 aliphatic rings. The zero-order chi connectivity index (χ0) is 16.3. The van der Waals surface area contributed by atoms with E-state index in [2.05, 4.69) is 19.2 Å². The SMILES string of the molecule is CC(C)c1ccc(NC(=O)[C@@H]2CCCN(S(C)(=O)=O)C2)cc1. The van der Waals surface area contributed by atoms with Gasteiger partial charge in [-0.2, -0.15) is 0 Å². The average Bonchev–Trinajstić information content (AvgIpc) is 2.47. The molecule has 1 fully saturated rings. The molecule has 0 radical (unpaired) electrons. The van der Waals surface area contributed by atoms with Gasteiger partial charge in [0.25, 0.3) is 0 Å². The van der Waals surface area contributed by atoms with E-state index in [0.717, 1.165) is 18.5 Å². The van der Waals surface area contributed by atoms with Crippen molar-refractivity contribution in [3.63, 3.8) is 0 Å². The quantitative estimate of drug-likeness (QED) is 0.925. The fourth-order valence-electron chi connectivity index (χ4n) is 2.65. The van der Waals surface area contributed by atoms with Crippen LogP contribution in [-0.2, 0) is 14.8 Å². The largest absolute Gasteiger partial charge is 0.326 e. The van der Waals surface area contributed by atoms with Crippen molar-refractivity contribution >= 4 is 21.6 Å². The Morgan fingerprint density at radius 1 is 1.27 bits per heavy atom. The number of carbonyl (C=O) groups is 1. The first-order chi connectivity index (χ1) is 10.3. The number of sulfonamides is 1. The van der Waals surface area contributed by atoms with E-state index in [1.54, 1.807) is 0 Å². The molecule has 0 bridgehead atoms. The molecule has 0 spiro atoms. The number of nitrogens with zero attached hydrogens (tertiary/aromatic N) is 1. The number of amides is 1. The predicted octanol–water partition coefficient (Wildman–Crippen LogP) is 2.42. The summed E-state index contributed by atoms with van der Waals surface area (Å²) in [5.41, 5.74) is 1.98. The molecule has 6 heteroatoms. The molecule has 1 amide bonds. The number of benzene rings is 1. The van der Waals surface area contributed by atoms with Crippen molar-refractivity contribution in [3.05, 3.63) is 29.8 Å². The van der Waals surface area contributed by atoms with Crippen LogP contribution in [0, 0.1) is 5.92 Å². The second kappa shape index (κ2) is 6.79. The van der Waals surface area contributed by atoms with Crippen LogP contribution in [0.4, 0.5) is 5.69 Å². The molecule has 5 nitrogen and oxygen atoms in total. The minimum Gasteiger partial charge on any atom is -0.326 e. The number of hydrogen-bond donors (Lipinski definition) is 1. The van der Waals surface area contributed by atoms with E-state index >= 15 is 0 Å². The van der Waals surface area contributed by atoms with E-state index in [4.69, 9.17) is 0 Å². The summed E-state index contributed by atoms with van der Waals surface area (Å²) in [6, 6.07) is 7.79. The molecule has 1 heterocycles. The molecule has 122 valence electrons. The van der Waals surface area contributed by atoms with Crippen LogP contribution in [-0.4, -0.2) is 38.0 Å². The number of anilines is 1. The van der Waals surface area contributed by atoms with Crippen molar-refractivity contribution in [1.29, 1.82) is 0 Å². The second-order valence-electron chi connectivity index (χ2n) is 6.23. The van der Waals surface area contributed by atoms with Gasteiger partial charge < -0.3 is 5.32 Å². The summed E-state index contributed by atoms with van der Waals surface area (Å²) in [6.45, 7) is 5.02. The van der Waals surface area contributed by atoms with Crippen LogP contribution in [0.1, 0.15) is 38.2 Å². The minimum absolute atomic E-state index is 0.106.